The molecule has 2 N–H and O–H groups in total. The van der Waals surface area contributed by atoms with Gasteiger partial charge >= 0.3 is 12.1 Å². The van der Waals surface area contributed by atoms with Gasteiger partial charge in [0.2, 0.25) is 0 Å². The number of hydrogen-bond donors (Lipinski definition) is 2. The summed E-state index contributed by atoms with van der Waals surface area (Å²) in [7, 11) is 0. The Balaban J connectivity index is 1.88. The highest BCUT2D eigenvalue weighted by Crippen LogP contribution is 2.42. The van der Waals surface area contributed by atoms with Gasteiger partial charge in [-0.2, -0.15) is 0 Å². The molecule has 0 heterocycles. The number of carboxylic acids is 1. The molecule has 0 aromatic heterocycles. The predicted octanol–water partition coefficient (Wildman–Crippen LogP) is 3.44. The van der Waals surface area contributed by atoms with Crippen LogP contribution in [0.3, 0.4) is 0 Å². The molecule has 1 amide bonds. The molecule has 23 heavy (non-hydrogen) atoms. The number of hydrogen-bond acceptors (Lipinski definition) is 3. The minimum atomic E-state index is -0.886. The largest absolute Gasteiger partial charge is 0.481 e. The first-order valence-electron chi connectivity index (χ1n) is 8.09. The van der Waals surface area contributed by atoms with Gasteiger partial charge in [-0.1, -0.05) is 44.2 Å². The lowest BCUT2D eigenvalue weighted by molar-refractivity contribution is -0.152. The summed E-state index contributed by atoms with van der Waals surface area (Å²) in [5, 5.41) is 12.3. The lowest BCUT2D eigenvalue weighted by atomic mass is 9.66. The minimum Gasteiger partial charge on any atom is -0.481 e. The third-order valence-electron chi connectivity index (χ3n) is 4.52. The van der Waals surface area contributed by atoms with Crippen LogP contribution in [0.2, 0.25) is 0 Å². The molecule has 1 fully saturated rings. The van der Waals surface area contributed by atoms with E-state index in [0.717, 1.165) is 12.0 Å². The molecule has 3 atom stereocenters. The summed E-state index contributed by atoms with van der Waals surface area (Å²) in [4.78, 5) is 23.6. The second-order valence-electron chi connectivity index (χ2n) is 6.86. The third-order valence-corrected chi connectivity index (χ3v) is 4.52. The van der Waals surface area contributed by atoms with E-state index in [-0.39, 0.29) is 13.2 Å². The van der Waals surface area contributed by atoms with Crippen LogP contribution in [-0.2, 0) is 16.1 Å². The lowest BCUT2D eigenvalue weighted by Gasteiger charge is -2.39. The first kappa shape index (κ1) is 17.3. The molecule has 0 aliphatic heterocycles. The van der Waals surface area contributed by atoms with Crippen LogP contribution in [0, 0.1) is 17.3 Å². The maximum Gasteiger partial charge on any atom is 0.407 e. The Bertz CT molecular complexity index is 533. The average molecular weight is 319 g/mol. The van der Waals surface area contributed by atoms with Gasteiger partial charge in [-0.05, 0) is 36.7 Å². The summed E-state index contributed by atoms with van der Waals surface area (Å²) < 4.78 is 5.15. The van der Waals surface area contributed by atoms with Gasteiger partial charge in [0.15, 0.2) is 0 Å². The summed E-state index contributed by atoms with van der Waals surface area (Å²) in [6.07, 6.45) is 1.64. The summed E-state index contributed by atoms with van der Waals surface area (Å²) in [5.74, 6) is -0.145. The predicted molar refractivity (Wildman–Crippen MR) is 86.9 cm³/mol. The summed E-state index contributed by atoms with van der Waals surface area (Å²) in [5.41, 5.74) is 0.0126. The van der Waals surface area contributed by atoms with Crippen molar-refractivity contribution in [1.29, 1.82) is 0 Å². The summed E-state index contributed by atoms with van der Waals surface area (Å²) >= 11 is 0. The molecule has 1 aliphatic rings. The molecule has 1 aliphatic carbocycles. The van der Waals surface area contributed by atoms with Crippen LogP contribution in [0.5, 0.6) is 0 Å². The molecule has 1 aromatic carbocycles. The second kappa shape index (κ2) is 7.49. The lowest BCUT2D eigenvalue weighted by Crippen LogP contribution is -2.47. The van der Waals surface area contributed by atoms with E-state index in [1.165, 1.54) is 0 Å². The summed E-state index contributed by atoms with van der Waals surface area (Å²) in [6.45, 7) is 4.44. The van der Waals surface area contributed by atoms with Gasteiger partial charge < -0.3 is 15.2 Å². The van der Waals surface area contributed by atoms with Crippen molar-refractivity contribution in [1.82, 2.24) is 5.32 Å². The van der Waals surface area contributed by atoms with E-state index in [1.54, 1.807) is 0 Å². The van der Waals surface area contributed by atoms with Crippen molar-refractivity contribution in [2.24, 2.45) is 17.3 Å². The van der Waals surface area contributed by atoms with E-state index < -0.39 is 17.5 Å². The fourth-order valence-corrected chi connectivity index (χ4v) is 3.68. The molecule has 1 aromatic rings. The molecule has 1 saturated carbocycles. The maximum absolute atomic E-state index is 11.9. The number of carbonyl (C=O) groups is 2. The number of nitrogens with one attached hydrogen (secondary N) is 1. The fraction of sp³-hybridized carbons (Fsp3) is 0.556. The van der Waals surface area contributed by atoms with Crippen LogP contribution < -0.4 is 5.32 Å². The Morgan fingerprint density at radius 1 is 1.22 bits per heavy atom. The standard InChI is InChI=1S/C18H25NO4/c1-13-8-14(2)10-18(9-13,16(20)21)12-19-17(22)23-11-15-6-4-3-5-7-15/h3-7,13-14H,8-12H2,1-2H3,(H,19,22)(H,20,21)/t13-,14+,18?. The van der Waals surface area contributed by atoms with Crippen LogP contribution >= 0.6 is 0 Å². The average Bonchev–Trinajstić information content (AvgIpc) is 2.51. The van der Waals surface area contributed by atoms with Crippen molar-refractivity contribution >= 4 is 12.1 Å². The zero-order valence-corrected chi connectivity index (χ0v) is 13.7. The Hall–Kier alpha value is -2.04. The van der Waals surface area contributed by atoms with Crippen molar-refractivity contribution in [2.45, 2.75) is 39.7 Å². The number of aliphatic carboxylic acids is 1. The van der Waals surface area contributed by atoms with Gasteiger partial charge in [0.1, 0.15) is 6.61 Å². The smallest absolute Gasteiger partial charge is 0.407 e. The fourth-order valence-electron chi connectivity index (χ4n) is 3.68. The van der Waals surface area contributed by atoms with Crippen LogP contribution in [0.15, 0.2) is 30.3 Å². The van der Waals surface area contributed by atoms with Crippen molar-refractivity contribution in [3.8, 4) is 0 Å². The van der Waals surface area contributed by atoms with Crippen LogP contribution in [0.25, 0.3) is 0 Å². The number of carboxylic acid groups (broad SMARTS) is 1. The number of alkyl carbamates (subject to hydrolysis) is 1. The maximum atomic E-state index is 11.9. The number of ether oxygens (including phenoxy) is 1. The molecule has 5 nitrogen and oxygen atoms in total. The molecule has 0 spiro atoms. The quantitative estimate of drug-likeness (QED) is 0.871. The van der Waals surface area contributed by atoms with Crippen LogP contribution in [0.1, 0.15) is 38.7 Å². The highest BCUT2D eigenvalue weighted by Gasteiger charge is 2.44. The Morgan fingerprint density at radius 2 is 1.83 bits per heavy atom. The highest BCUT2D eigenvalue weighted by atomic mass is 16.5. The molecule has 126 valence electrons. The van der Waals surface area contributed by atoms with Gasteiger partial charge in [-0.25, -0.2) is 4.79 Å². The molecule has 0 radical (unpaired) electrons. The molecule has 1 unspecified atom stereocenters. The summed E-state index contributed by atoms with van der Waals surface area (Å²) in [6, 6.07) is 9.39. The van der Waals surface area contributed by atoms with Crippen LogP contribution in [0.4, 0.5) is 4.79 Å². The number of carbonyl (C=O) groups excluding carboxylic acids is 1. The number of amides is 1. The topological polar surface area (TPSA) is 75.6 Å². The van der Waals surface area contributed by atoms with E-state index in [1.807, 2.05) is 30.3 Å². The molecule has 0 bridgehead atoms. The Morgan fingerprint density at radius 3 is 2.39 bits per heavy atom. The van der Waals surface area contributed by atoms with Crippen molar-refractivity contribution in [3.63, 3.8) is 0 Å². The Labute approximate surface area is 137 Å². The third kappa shape index (κ3) is 4.71. The van der Waals surface area contributed by atoms with Crippen molar-refractivity contribution < 1.29 is 19.4 Å². The number of rotatable bonds is 5. The van der Waals surface area contributed by atoms with Crippen molar-refractivity contribution in [2.75, 3.05) is 6.54 Å². The monoisotopic (exact) mass is 319 g/mol. The second-order valence-corrected chi connectivity index (χ2v) is 6.86. The minimum absolute atomic E-state index is 0.116. The molecular formula is C18H25NO4. The van der Waals surface area contributed by atoms with Crippen LogP contribution in [-0.4, -0.2) is 23.7 Å². The normalized spacial score (nSPS) is 27.2. The highest BCUT2D eigenvalue weighted by molar-refractivity contribution is 5.76. The van der Waals surface area contributed by atoms with Gasteiger partial charge in [0.25, 0.3) is 0 Å². The SMILES string of the molecule is C[C@@H]1C[C@H](C)CC(CNC(=O)OCc2ccccc2)(C(=O)O)C1. The van der Waals surface area contributed by atoms with E-state index in [9.17, 15) is 14.7 Å². The zero-order chi connectivity index (χ0) is 16.9. The molecule has 0 saturated heterocycles. The van der Waals surface area contributed by atoms with E-state index in [2.05, 4.69) is 19.2 Å². The van der Waals surface area contributed by atoms with Gasteiger partial charge in [0.05, 0.1) is 5.41 Å². The Kier molecular flexibility index (Phi) is 5.64. The zero-order valence-electron chi connectivity index (χ0n) is 13.7. The van der Waals surface area contributed by atoms with E-state index in [4.69, 9.17) is 4.74 Å². The van der Waals surface area contributed by atoms with Gasteiger partial charge in [-0.3, -0.25) is 4.79 Å². The van der Waals surface area contributed by atoms with Crippen molar-refractivity contribution in [3.05, 3.63) is 35.9 Å². The first-order chi connectivity index (χ1) is 10.9. The molecular weight excluding hydrogens is 294 g/mol. The van der Waals surface area contributed by atoms with Gasteiger partial charge in [-0.15, -0.1) is 0 Å². The molecule has 2 rings (SSSR count). The molecule has 5 heteroatoms. The van der Waals surface area contributed by atoms with E-state index in [0.29, 0.717) is 24.7 Å². The number of benzene rings is 1. The first-order valence-corrected chi connectivity index (χ1v) is 8.09. The van der Waals surface area contributed by atoms with E-state index >= 15 is 0 Å². The van der Waals surface area contributed by atoms with Gasteiger partial charge in [0, 0.05) is 6.54 Å².